The van der Waals surface area contributed by atoms with E-state index in [0.29, 0.717) is 18.1 Å². The molecule has 0 N–H and O–H groups in total. The van der Waals surface area contributed by atoms with Crippen LogP contribution in [0.2, 0.25) is 0 Å². The van der Waals surface area contributed by atoms with Gasteiger partial charge in [0.05, 0.1) is 6.10 Å². The van der Waals surface area contributed by atoms with Crippen molar-refractivity contribution in [1.29, 1.82) is 0 Å². The van der Waals surface area contributed by atoms with Gasteiger partial charge in [-0.1, -0.05) is 19.1 Å². The van der Waals surface area contributed by atoms with Crippen LogP contribution in [0.3, 0.4) is 0 Å². The smallest absolute Gasteiger partial charge is 0.119 e. The van der Waals surface area contributed by atoms with Crippen LogP contribution in [0.4, 0.5) is 0 Å². The molecule has 3 nitrogen and oxygen atoms in total. The summed E-state index contributed by atoms with van der Waals surface area (Å²) in [5.41, 5.74) is 2.61. The molecule has 3 rings (SSSR count). The summed E-state index contributed by atoms with van der Waals surface area (Å²) in [5, 5.41) is 0. The van der Waals surface area contributed by atoms with Crippen LogP contribution in [-0.4, -0.2) is 28.6 Å². The Balaban J connectivity index is 1.56. The van der Waals surface area contributed by atoms with Gasteiger partial charge in [-0.15, -0.1) is 0 Å². The number of aromatic nitrogens is 1. The molecule has 152 valence electrons. The fourth-order valence-corrected chi connectivity index (χ4v) is 4.39. The minimum absolute atomic E-state index is 0.357. The van der Waals surface area contributed by atoms with Gasteiger partial charge < -0.3 is 4.74 Å². The van der Waals surface area contributed by atoms with Gasteiger partial charge in [0.2, 0.25) is 0 Å². The molecule has 0 amide bonds. The summed E-state index contributed by atoms with van der Waals surface area (Å²) in [4.78, 5) is 6.75. The van der Waals surface area contributed by atoms with Gasteiger partial charge in [0.1, 0.15) is 5.75 Å². The van der Waals surface area contributed by atoms with E-state index in [-0.39, 0.29) is 0 Å². The van der Waals surface area contributed by atoms with Crippen molar-refractivity contribution in [3.8, 4) is 5.75 Å². The van der Waals surface area contributed by atoms with Gasteiger partial charge in [-0.2, -0.15) is 0 Å². The van der Waals surface area contributed by atoms with E-state index in [2.05, 4.69) is 74.0 Å². The predicted molar refractivity (Wildman–Crippen MR) is 117 cm³/mol. The molecule has 0 spiro atoms. The number of hydrogen-bond acceptors (Lipinski definition) is 3. The molecule has 1 saturated carbocycles. The Labute approximate surface area is 171 Å². The lowest BCUT2D eigenvalue weighted by Gasteiger charge is -2.37. The summed E-state index contributed by atoms with van der Waals surface area (Å²) >= 11 is 0. The summed E-state index contributed by atoms with van der Waals surface area (Å²) in [6.07, 6.45) is 9.11. The number of pyridine rings is 1. The molecule has 0 bridgehead atoms. The fourth-order valence-electron chi connectivity index (χ4n) is 4.39. The zero-order valence-corrected chi connectivity index (χ0v) is 18.0. The first-order chi connectivity index (χ1) is 13.5. The summed E-state index contributed by atoms with van der Waals surface area (Å²) in [5.74, 6) is 2.44. The van der Waals surface area contributed by atoms with E-state index in [9.17, 15) is 0 Å². The van der Waals surface area contributed by atoms with Crippen molar-refractivity contribution in [3.05, 3.63) is 59.9 Å². The maximum absolute atomic E-state index is 6.34. The van der Waals surface area contributed by atoms with Gasteiger partial charge in [-0.05, 0) is 93.7 Å². The summed E-state index contributed by atoms with van der Waals surface area (Å²) in [6, 6.07) is 13.3. The van der Waals surface area contributed by atoms with Gasteiger partial charge in [-0.25, -0.2) is 0 Å². The van der Waals surface area contributed by atoms with Crippen LogP contribution in [0, 0.1) is 18.8 Å². The maximum Gasteiger partial charge on any atom is 0.119 e. The average Bonchev–Trinajstić information content (AvgIpc) is 2.68. The molecule has 1 fully saturated rings. The third-order valence-corrected chi connectivity index (χ3v) is 6.15. The molecule has 1 aromatic carbocycles. The Hall–Kier alpha value is -1.87. The van der Waals surface area contributed by atoms with Crippen molar-refractivity contribution in [2.75, 3.05) is 6.54 Å². The van der Waals surface area contributed by atoms with Crippen molar-refractivity contribution >= 4 is 0 Å². The second-order valence-corrected chi connectivity index (χ2v) is 8.84. The number of rotatable bonds is 8. The second kappa shape index (κ2) is 10.1. The van der Waals surface area contributed by atoms with Gasteiger partial charge in [0, 0.05) is 31.5 Å². The second-order valence-electron chi connectivity index (χ2n) is 8.84. The molecule has 1 aliphatic carbocycles. The maximum atomic E-state index is 6.34. The molecule has 1 aromatic heterocycles. The molecule has 3 atom stereocenters. The van der Waals surface area contributed by atoms with Crippen LogP contribution >= 0.6 is 0 Å². The van der Waals surface area contributed by atoms with E-state index in [1.54, 1.807) is 0 Å². The van der Waals surface area contributed by atoms with Crippen molar-refractivity contribution in [1.82, 2.24) is 9.88 Å². The number of ether oxygens (including phenoxy) is 1. The number of aryl methyl sites for hydroxylation is 1. The molecule has 28 heavy (non-hydrogen) atoms. The van der Waals surface area contributed by atoms with Crippen LogP contribution in [0.25, 0.3) is 0 Å². The van der Waals surface area contributed by atoms with Crippen molar-refractivity contribution in [3.63, 3.8) is 0 Å². The molecule has 1 unspecified atom stereocenters. The predicted octanol–water partition coefficient (Wildman–Crippen LogP) is 5.87. The lowest BCUT2D eigenvalue weighted by molar-refractivity contribution is 0.0808. The highest BCUT2D eigenvalue weighted by molar-refractivity contribution is 5.27. The first-order valence-corrected chi connectivity index (χ1v) is 10.9. The van der Waals surface area contributed by atoms with E-state index < -0.39 is 0 Å². The molecule has 2 aromatic rings. The Kier molecular flexibility index (Phi) is 7.50. The SMILES string of the molecule is Cc1cccc(O[C@@H]2CCC[C@H](C(C)CN(Cc3ccncc3)C(C)C)C2)c1. The topological polar surface area (TPSA) is 25.4 Å². The molecular formula is C25H36N2O. The van der Waals surface area contributed by atoms with Gasteiger partial charge in [0.25, 0.3) is 0 Å². The third-order valence-electron chi connectivity index (χ3n) is 6.15. The fraction of sp³-hybridized carbons (Fsp3) is 0.560. The Bertz CT molecular complexity index is 715. The summed E-state index contributed by atoms with van der Waals surface area (Å²) in [6.45, 7) is 11.3. The van der Waals surface area contributed by atoms with Crippen LogP contribution in [-0.2, 0) is 6.54 Å². The van der Waals surface area contributed by atoms with E-state index in [4.69, 9.17) is 4.74 Å². The van der Waals surface area contributed by atoms with Crippen LogP contribution in [0.5, 0.6) is 5.75 Å². The number of hydrogen-bond donors (Lipinski definition) is 0. The Morgan fingerprint density at radius 3 is 2.61 bits per heavy atom. The minimum Gasteiger partial charge on any atom is -0.490 e. The zero-order valence-electron chi connectivity index (χ0n) is 18.0. The van der Waals surface area contributed by atoms with E-state index in [0.717, 1.165) is 24.8 Å². The van der Waals surface area contributed by atoms with E-state index >= 15 is 0 Å². The first kappa shape index (κ1) is 20.9. The standard InChI is InChI=1S/C25H36N2O/c1-19(2)27(18-22-11-13-26-14-12-22)17-21(4)23-8-6-10-25(16-23)28-24-9-5-7-20(3)15-24/h5,7,9,11-15,19,21,23,25H,6,8,10,16-18H2,1-4H3/t21?,23-,25+/m0/s1. The molecule has 3 heteroatoms. The quantitative estimate of drug-likeness (QED) is 0.572. The van der Waals surface area contributed by atoms with Crippen LogP contribution in [0.1, 0.15) is 57.6 Å². The highest BCUT2D eigenvalue weighted by Crippen LogP contribution is 2.33. The molecule has 1 heterocycles. The first-order valence-electron chi connectivity index (χ1n) is 10.9. The average molecular weight is 381 g/mol. The lowest BCUT2D eigenvalue weighted by atomic mass is 9.79. The summed E-state index contributed by atoms with van der Waals surface area (Å²) < 4.78 is 6.34. The molecule has 0 saturated heterocycles. The molecular weight excluding hydrogens is 344 g/mol. The monoisotopic (exact) mass is 380 g/mol. The van der Waals surface area contributed by atoms with Gasteiger partial charge >= 0.3 is 0 Å². The summed E-state index contributed by atoms with van der Waals surface area (Å²) in [7, 11) is 0. The zero-order chi connectivity index (χ0) is 19.9. The van der Waals surface area contributed by atoms with Gasteiger partial charge in [0.15, 0.2) is 0 Å². The number of nitrogens with zero attached hydrogens (tertiary/aromatic N) is 2. The van der Waals surface area contributed by atoms with Crippen LogP contribution in [0.15, 0.2) is 48.8 Å². The highest BCUT2D eigenvalue weighted by Gasteiger charge is 2.29. The van der Waals surface area contributed by atoms with Crippen molar-refractivity contribution in [2.45, 2.75) is 72.1 Å². The Morgan fingerprint density at radius 1 is 1.11 bits per heavy atom. The lowest BCUT2D eigenvalue weighted by Crippen LogP contribution is -2.38. The third kappa shape index (κ3) is 6.07. The molecule has 0 radical (unpaired) electrons. The van der Waals surface area contributed by atoms with Crippen LogP contribution < -0.4 is 4.74 Å². The highest BCUT2D eigenvalue weighted by atomic mass is 16.5. The normalized spacial score (nSPS) is 21.1. The minimum atomic E-state index is 0.357. The Morgan fingerprint density at radius 2 is 1.89 bits per heavy atom. The largest absolute Gasteiger partial charge is 0.490 e. The molecule has 1 aliphatic rings. The van der Waals surface area contributed by atoms with Gasteiger partial charge in [-0.3, -0.25) is 9.88 Å². The van der Waals surface area contributed by atoms with E-state index in [1.807, 2.05) is 12.4 Å². The van der Waals surface area contributed by atoms with Crippen molar-refractivity contribution in [2.24, 2.45) is 11.8 Å². The molecule has 0 aliphatic heterocycles. The van der Waals surface area contributed by atoms with Crippen molar-refractivity contribution < 1.29 is 4.74 Å². The number of benzene rings is 1. The van der Waals surface area contributed by atoms with E-state index in [1.165, 1.54) is 36.8 Å².